The number of pyridine rings is 1. The first kappa shape index (κ1) is 36.1. The molecule has 0 spiro atoms. The standard InChI is InChI=1S/C32H32F6N4O6/c1-20(43)11-5-4-10-16-30(32(36,37)38,46-19-22-14-8-3-9-15-22)28-42-41-27(48-28)25-24(47-29(39)44)17-23(31(33,34)35)26(40-25)45-18-21-12-6-2-7-13-21/h2-3,6-9,12-15,17,20,43H,4-5,10-11,16,18-19H2,1H3,(H2,39,44)/t20?,30-/m1/s1. The number of carbonyl (C=O) groups excluding carboxylic acids is 1. The molecule has 258 valence electrons. The summed E-state index contributed by atoms with van der Waals surface area (Å²) in [5, 5.41) is 16.8. The van der Waals surface area contributed by atoms with E-state index in [9.17, 15) is 23.1 Å². The zero-order valence-corrected chi connectivity index (χ0v) is 25.6. The van der Waals surface area contributed by atoms with Crippen molar-refractivity contribution in [2.45, 2.75) is 76.3 Å². The van der Waals surface area contributed by atoms with Gasteiger partial charge in [0.05, 0.1) is 12.7 Å². The molecule has 48 heavy (non-hydrogen) atoms. The van der Waals surface area contributed by atoms with Gasteiger partial charge < -0.3 is 29.5 Å². The molecule has 0 aliphatic carbocycles. The molecule has 4 aromatic rings. The van der Waals surface area contributed by atoms with E-state index in [1.54, 1.807) is 67.6 Å². The molecule has 10 nitrogen and oxygen atoms in total. The number of ether oxygens (including phenoxy) is 3. The number of hydrogen-bond acceptors (Lipinski definition) is 9. The van der Waals surface area contributed by atoms with Crippen LogP contribution < -0.4 is 15.2 Å². The van der Waals surface area contributed by atoms with E-state index in [0.29, 0.717) is 30.0 Å². The van der Waals surface area contributed by atoms with E-state index in [4.69, 9.17) is 24.4 Å². The quantitative estimate of drug-likeness (QED) is 0.0963. The zero-order valence-electron chi connectivity index (χ0n) is 25.6. The van der Waals surface area contributed by atoms with Gasteiger partial charge >= 0.3 is 18.4 Å². The van der Waals surface area contributed by atoms with Gasteiger partial charge in [-0.2, -0.15) is 26.3 Å². The topological polar surface area (TPSA) is 143 Å². The average molecular weight is 683 g/mol. The molecule has 2 heterocycles. The van der Waals surface area contributed by atoms with E-state index in [1.165, 1.54) is 0 Å². The highest BCUT2D eigenvalue weighted by Gasteiger charge is 2.61. The minimum absolute atomic E-state index is 0.0369. The van der Waals surface area contributed by atoms with Crippen LogP contribution in [0.25, 0.3) is 11.6 Å². The summed E-state index contributed by atoms with van der Waals surface area (Å²) in [6.07, 6.45) is -12.0. The van der Waals surface area contributed by atoms with E-state index in [0.717, 1.165) is 0 Å². The number of nitrogens with two attached hydrogens (primary N) is 1. The molecule has 0 saturated heterocycles. The Morgan fingerprint density at radius 3 is 2.10 bits per heavy atom. The van der Waals surface area contributed by atoms with Crippen molar-refractivity contribution in [3.63, 3.8) is 0 Å². The summed E-state index contributed by atoms with van der Waals surface area (Å²) in [6, 6.07) is 16.5. The van der Waals surface area contributed by atoms with Gasteiger partial charge in [-0.05, 0) is 37.3 Å². The molecule has 16 heteroatoms. The van der Waals surface area contributed by atoms with E-state index in [2.05, 4.69) is 15.2 Å². The van der Waals surface area contributed by atoms with Crippen LogP contribution in [0.4, 0.5) is 31.1 Å². The molecular weight excluding hydrogens is 650 g/mol. The molecule has 0 aliphatic heterocycles. The highest BCUT2D eigenvalue weighted by molar-refractivity contribution is 5.72. The van der Waals surface area contributed by atoms with Crippen molar-refractivity contribution in [2.24, 2.45) is 5.73 Å². The van der Waals surface area contributed by atoms with Gasteiger partial charge in [0.2, 0.25) is 11.5 Å². The van der Waals surface area contributed by atoms with Crippen molar-refractivity contribution >= 4 is 6.09 Å². The number of primary amides is 1. The van der Waals surface area contributed by atoms with Crippen LogP contribution in [0.2, 0.25) is 0 Å². The molecule has 4 rings (SSSR count). The normalized spacial score (nSPS) is 13.9. The van der Waals surface area contributed by atoms with Crippen LogP contribution in [0.5, 0.6) is 11.6 Å². The molecule has 0 aliphatic rings. The molecule has 2 aromatic heterocycles. The van der Waals surface area contributed by atoms with Crippen LogP contribution in [-0.4, -0.2) is 38.7 Å². The average Bonchev–Trinajstić information content (AvgIpc) is 3.51. The van der Waals surface area contributed by atoms with E-state index in [1.807, 2.05) is 0 Å². The summed E-state index contributed by atoms with van der Waals surface area (Å²) in [5.74, 6) is -3.81. The third-order valence-corrected chi connectivity index (χ3v) is 7.10. The van der Waals surface area contributed by atoms with Crippen molar-refractivity contribution in [1.82, 2.24) is 15.2 Å². The van der Waals surface area contributed by atoms with E-state index < -0.39 is 77.8 Å². The Bertz CT molecular complexity index is 1630. The Balaban J connectivity index is 1.79. The lowest BCUT2D eigenvalue weighted by Gasteiger charge is -2.32. The van der Waals surface area contributed by atoms with Crippen molar-refractivity contribution in [3.05, 3.63) is 89.3 Å². The summed E-state index contributed by atoms with van der Waals surface area (Å²) in [6.45, 7) is 0.672. The predicted octanol–water partition coefficient (Wildman–Crippen LogP) is 7.49. The van der Waals surface area contributed by atoms with Gasteiger partial charge in [-0.15, -0.1) is 10.2 Å². The molecule has 2 aromatic carbocycles. The smallest absolute Gasteiger partial charge is 0.426 e. The summed E-state index contributed by atoms with van der Waals surface area (Å²) in [7, 11) is 0. The van der Waals surface area contributed by atoms with Gasteiger partial charge in [0, 0.05) is 6.07 Å². The lowest BCUT2D eigenvalue weighted by Crippen LogP contribution is -2.45. The first-order chi connectivity index (χ1) is 22.7. The second-order valence-electron chi connectivity index (χ2n) is 10.8. The third-order valence-electron chi connectivity index (χ3n) is 7.10. The Morgan fingerprint density at radius 1 is 0.917 bits per heavy atom. The second kappa shape index (κ2) is 15.5. The SMILES string of the molecule is CC(O)CCCCC[C@@](OCc1ccccc1)(c1nnc(-c2nc(OCc3ccccc3)c(C(F)(F)F)cc2OC(N)=O)o1)C(F)(F)F. The number of aliphatic hydroxyl groups excluding tert-OH is 1. The fraction of sp³-hybridized carbons (Fsp3) is 0.375. The molecule has 0 radical (unpaired) electrons. The second-order valence-corrected chi connectivity index (χ2v) is 10.8. The first-order valence-corrected chi connectivity index (χ1v) is 14.7. The number of rotatable bonds is 15. The Kier molecular flexibility index (Phi) is 11.6. The maximum Gasteiger partial charge on any atom is 0.426 e. The molecule has 0 fully saturated rings. The van der Waals surface area contributed by atoms with Gasteiger partial charge in [-0.1, -0.05) is 73.5 Å². The van der Waals surface area contributed by atoms with Crippen molar-refractivity contribution in [3.8, 4) is 23.2 Å². The van der Waals surface area contributed by atoms with Gasteiger partial charge in [0.25, 0.3) is 11.8 Å². The summed E-state index contributed by atoms with van der Waals surface area (Å²) in [5.41, 5.74) is 0.590. The van der Waals surface area contributed by atoms with Crippen LogP contribution in [0.3, 0.4) is 0 Å². The number of aliphatic hydroxyl groups is 1. The molecule has 3 N–H and O–H groups in total. The summed E-state index contributed by atoms with van der Waals surface area (Å²) >= 11 is 0. The largest absolute Gasteiger partial charge is 0.472 e. The van der Waals surface area contributed by atoms with Crippen LogP contribution in [-0.2, 0) is 29.7 Å². The van der Waals surface area contributed by atoms with Crippen molar-refractivity contribution in [1.29, 1.82) is 0 Å². The summed E-state index contributed by atoms with van der Waals surface area (Å²) < 4.78 is 108. The first-order valence-electron chi connectivity index (χ1n) is 14.7. The van der Waals surface area contributed by atoms with Crippen LogP contribution >= 0.6 is 0 Å². The Morgan fingerprint density at radius 2 is 1.54 bits per heavy atom. The van der Waals surface area contributed by atoms with Crippen LogP contribution in [0.1, 0.15) is 61.6 Å². The van der Waals surface area contributed by atoms with E-state index >= 15 is 13.2 Å². The fourth-order valence-corrected chi connectivity index (χ4v) is 4.70. The Hall–Kier alpha value is -4.70. The van der Waals surface area contributed by atoms with Crippen molar-refractivity contribution in [2.75, 3.05) is 0 Å². The third kappa shape index (κ3) is 9.22. The number of halogens is 6. The molecule has 1 amide bonds. The minimum atomic E-state index is -5.13. The van der Waals surface area contributed by atoms with Gasteiger partial charge in [-0.25, -0.2) is 9.78 Å². The highest BCUT2D eigenvalue weighted by Crippen LogP contribution is 2.48. The number of nitrogens with zero attached hydrogens (tertiary/aromatic N) is 3. The molecule has 2 atom stereocenters. The van der Waals surface area contributed by atoms with Gasteiger partial charge in [0.1, 0.15) is 12.2 Å². The molecular formula is C32H32F6N4O6. The van der Waals surface area contributed by atoms with Gasteiger partial charge in [0.15, 0.2) is 11.4 Å². The number of benzene rings is 2. The lowest BCUT2D eigenvalue weighted by molar-refractivity contribution is -0.300. The Labute approximate surface area is 270 Å². The monoisotopic (exact) mass is 682 g/mol. The fourth-order valence-electron chi connectivity index (χ4n) is 4.70. The van der Waals surface area contributed by atoms with Gasteiger partial charge in [-0.3, -0.25) is 0 Å². The number of unbranched alkanes of at least 4 members (excludes halogenated alkanes) is 2. The van der Waals surface area contributed by atoms with E-state index in [-0.39, 0.29) is 19.4 Å². The minimum Gasteiger partial charge on any atom is -0.472 e. The maximum atomic E-state index is 15.0. The zero-order chi connectivity index (χ0) is 35.0. The predicted molar refractivity (Wildman–Crippen MR) is 157 cm³/mol. The maximum absolute atomic E-state index is 15.0. The van der Waals surface area contributed by atoms with Crippen molar-refractivity contribution < 1.29 is 54.9 Å². The number of carbonyl (C=O) groups is 1. The highest BCUT2D eigenvalue weighted by atomic mass is 19.4. The van der Waals surface area contributed by atoms with Crippen LogP contribution in [0.15, 0.2) is 71.1 Å². The lowest BCUT2D eigenvalue weighted by atomic mass is 9.94. The summed E-state index contributed by atoms with van der Waals surface area (Å²) in [4.78, 5) is 15.5. The number of amides is 1. The molecule has 0 saturated carbocycles. The van der Waals surface area contributed by atoms with Crippen LogP contribution in [0, 0.1) is 0 Å². The molecule has 1 unspecified atom stereocenters. The number of alkyl halides is 6. The molecule has 0 bridgehead atoms. The number of hydrogen-bond donors (Lipinski definition) is 2. The number of aromatic nitrogens is 3.